The fourth-order valence-corrected chi connectivity index (χ4v) is 7.87. The molecule has 4 aliphatic rings. The van der Waals surface area contributed by atoms with Crippen molar-refractivity contribution < 1.29 is 28.8 Å². The van der Waals surface area contributed by atoms with Gasteiger partial charge in [0, 0.05) is 25.0 Å². The number of nitrogens with two attached hydrogens (primary N) is 1. The van der Waals surface area contributed by atoms with Crippen LogP contribution in [0, 0.1) is 23.2 Å². The second-order valence-electron chi connectivity index (χ2n) is 15.5. The van der Waals surface area contributed by atoms with Crippen molar-refractivity contribution in [3.63, 3.8) is 0 Å². The maximum Gasteiger partial charge on any atom is 0.289 e. The summed E-state index contributed by atoms with van der Waals surface area (Å²) in [5, 5.41) is 5.66. The Balaban J connectivity index is 1.52. The Labute approximate surface area is 288 Å². The van der Waals surface area contributed by atoms with Crippen molar-refractivity contribution in [1.29, 1.82) is 0 Å². The first-order chi connectivity index (χ1) is 23.3. The van der Waals surface area contributed by atoms with Gasteiger partial charge >= 0.3 is 0 Å². The van der Waals surface area contributed by atoms with Crippen LogP contribution in [0.1, 0.15) is 115 Å². The van der Waals surface area contributed by atoms with Gasteiger partial charge in [0.1, 0.15) is 23.8 Å². The van der Waals surface area contributed by atoms with E-state index in [9.17, 15) is 24.0 Å². The summed E-state index contributed by atoms with van der Waals surface area (Å²) in [6, 6.07) is -4.57. The average Bonchev–Trinajstić information content (AvgIpc) is 3.66. The van der Waals surface area contributed by atoms with Crippen molar-refractivity contribution in [2.45, 2.75) is 135 Å². The number of likely N-dealkylation sites (tertiary alicyclic amines) is 1. The first-order valence-corrected chi connectivity index (χ1v) is 18.2. The molecule has 4 N–H and O–H groups in total. The minimum atomic E-state index is -1.36. The lowest BCUT2D eigenvalue weighted by Gasteiger charge is -2.40. The molecular weight excluding hydrogens is 626 g/mol. The Hall–Kier alpha value is -3.74. The molecule has 1 aromatic heterocycles. The summed E-state index contributed by atoms with van der Waals surface area (Å²) in [7, 11) is 0. The van der Waals surface area contributed by atoms with Gasteiger partial charge in [-0.1, -0.05) is 59.8 Å². The van der Waals surface area contributed by atoms with Gasteiger partial charge in [0.2, 0.25) is 17.6 Å². The number of ketones is 1. The van der Waals surface area contributed by atoms with Crippen LogP contribution in [-0.4, -0.2) is 91.8 Å². The van der Waals surface area contributed by atoms with Crippen LogP contribution < -0.4 is 16.4 Å². The average molecular weight is 680 g/mol. The Kier molecular flexibility index (Phi) is 11.5. The standard InChI is InChI=1S/C36H53N7O6/c1-5-10-26(29(44)32(46)40-23-15-16-23)43(35(49)30(37)36(2,3)4)34(48)28-24-14-9-13-22(24)20-42(28)33(47)27(21-11-7-6-8-12-21)41-31(45)25-19-38-17-18-39-25/h17-19,21-24,26-28,30H,5-16,20,37H2,1-4H3,(H,40,46)(H,41,45)/t22-,24-,26-,27?,28-,30+/m0/s1. The molecule has 0 spiro atoms. The number of imide groups is 1. The minimum Gasteiger partial charge on any atom is -0.347 e. The molecule has 1 aliphatic heterocycles. The van der Waals surface area contributed by atoms with E-state index < -0.39 is 59.0 Å². The number of Topliss-reactive ketones (excluding diaryl/α,β-unsaturated/α-hetero) is 1. The fourth-order valence-electron chi connectivity index (χ4n) is 7.87. The van der Waals surface area contributed by atoms with Crippen molar-refractivity contribution in [3.05, 3.63) is 24.3 Å². The van der Waals surface area contributed by atoms with Crippen LogP contribution in [0.5, 0.6) is 0 Å². The first kappa shape index (κ1) is 36.5. The fraction of sp³-hybridized carbons (Fsp3) is 0.722. The molecule has 13 heteroatoms. The first-order valence-electron chi connectivity index (χ1n) is 18.2. The summed E-state index contributed by atoms with van der Waals surface area (Å²) in [6.07, 6.45) is 13.0. The highest BCUT2D eigenvalue weighted by atomic mass is 16.2. The maximum atomic E-state index is 15.1. The Morgan fingerprint density at radius 3 is 2.31 bits per heavy atom. The van der Waals surface area contributed by atoms with Gasteiger partial charge < -0.3 is 21.3 Å². The highest BCUT2D eigenvalue weighted by Gasteiger charge is 2.55. The lowest BCUT2D eigenvalue weighted by atomic mass is 9.83. The monoisotopic (exact) mass is 679 g/mol. The third kappa shape index (κ3) is 8.19. The number of nitrogens with one attached hydrogen (secondary N) is 2. The van der Waals surface area contributed by atoms with Gasteiger partial charge in [-0.15, -0.1) is 0 Å². The van der Waals surface area contributed by atoms with E-state index in [0.29, 0.717) is 19.4 Å². The molecule has 1 aromatic rings. The number of fused-ring (bicyclic) bond motifs is 1. The van der Waals surface area contributed by atoms with E-state index in [1.807, 2.05) is 6.92 Å². The molecule has 6 atom stereocenters. The number of carbonyl (C=O) groups excluding carboxylic acids is 6. The van der Waals surface area contributed by atoms with Gasteiger partial charge in [-0.05, 0) is 68.1 Å². The molecular formula is C36H53N7O6. The zero-order chi connectivity index (χ0) is 35.5. The van der Waals surface area contributed by atoms with Crippen molar-refractivity contribution in [3.8, 4) is 0 Å². The van der Waals surface area contributed by atoms with E-state index in [-0.39, 0.29) is 41.8 Å². The summed E-state index contributed by atoms with van der Waals surface area (Å²) in [4.78, 5) is 95.1. The molecule has 2 heterocycles. The summed E-state index contributed by atoms with van der Waals surface area (Å²) >= 11 is 0. The number of amides is 5. The largest absolute Gasteiger partial charge is 0.347 e. The van der Waals surface area contributed by atoms with Crippen molar-refractivity contribution in [2.24, 2.45) is 28.9 Å². The molecule has 0 aromatic carbocycles. The van der Waals surface area contributed by atoms with E-state index in [0.717, 1.165) is 62.7 Å². The Morgan fingerprint density at radius 2 is 1.69 bits per heavy atom. The number of hydrogen-bond acceptors (Lipinski definition) is 9. The molecule has 1 saturated heterocycles. The molecule has 0 bridgehead atoms. The van der Waals surface area contributed by atoms with E-state index >= 15 is 4.79 Å². The zero-order valence-electron chi connectivity index (χ0n) is 29.4. The van der Waals surface area contributed by atoms with Crippen molar-refractivity contribution >= 4 is 35.3 Å². The smallest absolute Gasteiger partial charge is 0.289 e. The summed E-state index contributed by atoms with van der Waals surface area (Å²) in [5.41, 5.74) is 5.82. The highest BCUT2D eigenvalue weighted by Crippen LogP contribution is 2.44. The second-order valence-corrected chi connectivity index (χ2v) is 15.5. The molecule has 0 radical (unpaired) electrons. The summed E-state index contributed by atoms with van der Waals surface area (Å²) < 4.78 is 0. The number of nitrogens with zero attached hydrogens (tertiary/aromatic N) is 4. The third-order valence-corrected chi connectivity index (χ3v) is 10.9. The van der Waals surface area contributed by atoms with Gasteiger partial charge in [-0.2, -0.15) is 0 Å². The molecule has 5 rings (SSSR count). The van der Waals surface area contributed by atoms with Crippen LogP contribution >= 0.6 is 0 Å². The van der Waals surface area contributed by atoms with Crippen LogP contribution in [0.15, 0.2) is 18.6 Å². The second kappa shape index (κ2) is 15.4. The molecule has 3 saturated carbocycles. The van der Waals surface area contributed by atoms with Gasteiger partial charge in [-0.25, -0.2) is 4.98 Å². The number of aromatic nitrogens is 2. The minimum absolute atomic E-state index is 0.0207. The molecule has 4 fully saturated rings. The molecule has 5 amide bonds. The topological polar surface area (TPSA) is 185 Å². The van der Waals surface area contributed by atoms with Crippen LogP contribution in [0.2, 0.25) is 0 Å². The van der Waals surface area contributed by atoms with Crippen LogP contribution in [-0.2, 0) is 24.0 Å². The van der Waals surface area contributed by atoms with E-state index in [1.54, 1.807) is 25.7 Å². The SMILES string of the molecule is CCC[C@@H](C(=O)C(=O)NC1CC1)N(C(=O)[C@@H]1[C@H]2CCC[C@H]2CN1C(=O)C(NC(=O)c1cnccn1)C1CCCCC1)C(=O)[C@@H](N)C(C)(C)C. The highest BCUT2D eigenvalue weighted by molar-refractivity contribution is 6.39. The predicted octanol–water partition coefficient (Wildman–Crippen LogP) is 2.53. The van der Waals surface area contributed by atoms with E-state index in [1.165, 1.54) is 18.6 Å². The summed E-state index contributed by atoms with van der Waals surface area (Å²) in [6.45, 7) is 7.46. The number of hydrogen-bond donors (Lipinski definition) is 3. The van der Waals surface area contributed by atoms with E-state index in [2.05, 4.69) is 20.6 Å². The van der Waals surface area contributed by atoms with Crippen molar-refractivity contribution in [2.75, 3.05) is 6.54 Å². The Bertz CT molecular complexity index is 1400. The van der Waals surface area contributed by atoms with Gasteiger partial charge in [0.05, 0.1) is 12.2 Å². The quantitative estimate of drug-likeness (QED) is 0.279. The normalized spacial score (nSPS) is 24.3. The molecule has 1 unspecified atom stereocenters. The number of rotatable bonds is 12. The van der Waals surface area contributed by atoms with Crippen LogP contribution in [0.25, 0.3) is 0 Å². The lowest BCUT2D eigenvalue weighted by Crippen LogP contribution is -2.64. The summed E-state index contributed by atoms with van der Waals surface area (Å²) in [5.74, 6) is -4.37. The van der Waals surface area contributed by atoms with Gasteiger partial charge in [0.15, 0.2) is 0 Å². The molecule has 13 nitrogen and oxygen atoms in total. The van der Waals surface area contributed by atoms with Gasteiger partial charge in [-0.3, -0.25) is 38.7 Å². The predicted molar refractivity (Wildman–Crippen MR) is 180 cm³/mol. The number of carbonyl (C=O) groups is 6. The molecule has 268 valence electrons. The van der Waals surface area contributed by atoms with Crippen LogP contribution in [0.3, 0.4) is 0 Å². The lowest BCUT2D eigenvalue weighted by molar-refractivity contribution is -0.160. The third-order valence-electron chi connectivity index (χ3n) is 10.9. The van der Waals surface area contributed by atoms with Crippen molar-refractivity contribution in [1.82, 2.24) is 30.4 Å². The zero-order valence-corrected chi connectivity index (χ0v) is 29.4. The molecule has 49 heavy (non-hydrogen) atoms. The Morgan fingerprint density at radius 1 is 0.980 bits per heavy atom. The van der Waals surface area contributed by atoms with E-state index in [4.69, 9.17) is 5.73 Å². The van der Waals surface area contributed by atoms with Gasteiger partial charge in [0.25, 0.3) is 17.7 Å². The van der Waals surface area contributed by atoms with Crippen LogP contribution in [0.4, 0.5) is 0 Å². The molecule has 3 aliphatic carbocycles. The maximum absolute atomic E-state index is 15.1.